The summed E-state index contributed by atoms with van der Waals surface area (Å²) in [5, 5.41) is 9.34. The summed E-state index contributed by atoms with van der Waals surface area (Å²) >= 11 is 0. The quantitative estimate of drug-likeness (QED) is 0.184. The topological polar surface area (TPSA) is 51.8 Å². The summed E-state index contributed by atoms with van der Waals surface area (Å²) in [7, 11) is 0. The first kappa shape index (κ1) is 26.4. The van der Waals surface area contributed by atoms with E-state index in [1.54, 1.807) is 0 Å². The van der Waals surface area contributed by atoms with Gasteiger partial charge in [-0.3, -0.25) is 0 Å². The van der Waals surface area contributed by atoms with Crippen molar-refractivity contribution in [2.45, 2.75) is 0 Å². The molecule has 0 N–H and O–H groups in total. The molecule has 0 saturated carbocycles. The third kappa shape index (κ3) is 3.83. The van der Waals surface area contributed by atoms with Crippen LogP contribution in [0.2, 0.25) is 0 Å². The van der Waals surface area contributed by atoms with Crippen LogP contribution in [0.3, 0.4) is 0 Å². The minimum atomic E-state index is 0.612. The van der Waals surface area contributed by atoms with Crippen LogP contribution in [0.25, 0.3) is 111 Å². The third-order valence-corrected chi connectivity index (χ3v) is 10.0. The number of rotatable bonds is 3. The second-order valence-corrected chi connectivity index (χ2v) is 12.7. The highest BCUT2D eigenvalue weighted by Crippen LogP contribution is 2.52. The van der Waals surface area contributed by atoms with Crippen LogP contribution in [-0.4, -0.2) is 15.0 Å². The number of aromatic nitrogens is 3. The molecule has 226 valence electrons. The first-order valence-corrected chi connectivity index (χ1v) is 16.5. The Labute approximate surface area is 281 Å². The highest BCUT2D eigenvalue weighted by atomic mass is 16.3. The van der Waals surface area contributed by atoms with Gasteiger partial charge in [0.1, 0.15) is 11.2 Å². The van der Waals surface area contributed by atoms with E-state index >= 15 is 0 Å². The van der Waals surface area contributed by atoms with Crippen molar-refractivity contribution in [3.63, 3.8) is 0 Å². The summed E-state index contributed by atoms with van der Waals surface area (Å²) in [6.07, 6.45) is 0. The molecule has 2 aromatic heterocycles. The number of furan rings is 1. The second kappa shape index (κ2) is 9.93. The minimum Gasteiger partial charge on any atom is -0.455 e. The summed E-state index contributed by atoms with van der Waals surface area (Å²) in [6, 6.07) is 53.2. The van der Waals surface area contributed by atoms with E-state index in [4.69, 9.17) is 19.4 Å². The Hall–Kier alpha value is -6.65. The van der Waals surface area contributed by atoms with Gasteiger partial charge in [-0.2, -0.15) is 0 Å². The fourth-order valence-electron chi connectivity index (χ4n) is 7.82. The molecule has 0 radical (unpaired) electrons. The summed E-state index contributed by atoms with van der Waals surface area (Å²) in [5.41, 5.74) is 9.32. The van der Waals surface area contributed by atoms with Gasteiger partial charge >= 0.3 is 0 Å². The van der Waals surface area contributed by atoms with Gasteiger partial charge in [-0.05, 0) is 67.2 Å². The Morgan fingerprint density at radius 2 is 1.04 bits per heavy atom. The molecule has 8 aromatic carbocycles. The lowest BCUT2D eigenvalue weighted by Gasteiger charge is -2.10. The van der Waals surface area contributed by atoms with Gasteiger partial charge in [-0.1, -0.05) is 133 Å². The van der Waals surface area contributed by atoms with Gasteiger partial charge in [0.2, 0.25) is 0 Å². The molecule has 0 fully saturated rings. The lowest BCUT2D eigenvalue weighted by atomic mass is 9.98. The van der Waals surface area contributed by atoms with E-state index in [-0.39, 0.29) is 0 Å². The van der Waals surface area contributed by atoms with E-state index in [0.29, 0.717) is 17.5 Å². The smallest absolute Gasteiger partial charge is 0.164 e. The number of nitrogens with zero attached hydrogens (tertiary/aromatic N) is 3. The van der Waals surface area contributed by atoms with E-state index in [9.17, 15) is 0 Å². The second-order valence-electron chi connectivity index (χ2n) is 12.7. The van der Waals surface area contributed by atoms with Gasteiger partial charge in [0.25, 0.3) is 0 Å². The molecule has 4 nitrogen and oxygen atoms in total. The maximum absolute atomic E-state index is 6.77. The van der Waals surface area contributed by atoms with Gasteiger partial charge in [0.15, 0.2) is 17.5 Å². The van der Waals surface area contributed by atoms with Gasteiger partial charge in [-0.15, -0.1) is 0 Å². The summed E-state index contributed by atoms with van der Waals surface area (Å²) in [5.74, 6) is 1.87. The molecule has 2 heterocycles. The molecule has 0 amide bonds. The zero-order valence-electron chi connectivity index (χ0n) is 26.2. The predicted molar refractivity (Wildman–Crippen MR) is 200 cm³/mol. The molecule has 10 aromatic rings. The molecule has 0 bridgehead atoms. The molecule has 0 saturated heterocycles. The number of hydrogen-bond donors (Lipinski definition) is 0. The summed E-state index contributed by atoms with van der Waals surface area (Å²) in [6.45, 7) is 0. The first-order valence-electron chi connectivity index (χ1n) is 16.5. The summed E-state index contributed by atoms with van der Waals surface area (Å²) < 4.78 is 6.77. The molecule has 49 heavy (non-hydrogen) atoms. The predicted octanol–water partition coefficient (Wildman–Crippen LogP) is 11.9. The van der Waals surface area contributed by atoms with Crippen LogP contribution in [0.1, 0.15) is 0 Å². The first-order chi connectivity index (χ1) is 24.3. The van der Waals surface area contributed by atoms with Crippen LogP contribution in [-0.2, 0) is 0 Å². The van der Waals surface area contributed by atoms with Crippen molar-refractivity contribution < 1.29 is 4.42 Å². The van der Waals surface area contributed by atoms with E-state index < -0.39 is 0 Å². The van der Waals surface area contributed by atoms with Crippen LogP contribution >= 0.6 is 0 Å². The fraction of sp³-hybridized carbons (Fsp3) is 0. The number of benzene rings is 8. The molecule has 0 atom stereocenters. The van der Waals surface area contributed by atoms with Crippen molar-refractivity contribution in [2.24, 2.45) is 0 Å². The standard InChI is InChI=1S/C45H25N3O/c1-2-10-29(11-3-1)43-46-44(30-22-21-27-20-19-26-9-4-5-14-31(26)37(27)25-30)48-45(47-43)36-17-8-18-38-40(36)35-24-23-33-32-15-6-12-28-13-7-16-34(39(28)32)41(33)42(35)49-38/h1-25H. The van der Waals surface area contributed by atoms with Crippen LogP contribution in [0.5, 0.6) is 0 Å². The fourth-order valence-corrected chi connectivity index (χ4v) is 7.82. The van der Waals surface area contributed by atoms with E-state index in [1.165, 1.54) is 49.0 Å². The van der Waals surface area contributed by atoms with Gasteiger partial charge < -0.3 is 4.42 Å². The molecular weight excluding hydrogens is 599 g/mol. The number of fused-ring (bicyclic) bond motifs is 10. The average molecular weight is 624 g/mol. The molecule has 0 spiro atoms. The van der Waals surface area contributed by atoms with Crippen molar-refractivity contribution in [3.8, 4) is 56.4 Å². The van der Waals surface area contributed by atoms with Gasteiger partial charge in [0.05, 0.1) is 0 Å². The maximum Gasteiger partial charge on any atom is 0.164 e. The Kier molecular flexibility index (Phi) is 5.35. The van der Waals surface area contributed by atoms with Crippen molar-refractivity contribution in [1.82, 2.24) is 15.0 Å². The molecule has 1 aliphatic carbocycles. The van der Waals surface area contributed by atoms with Crippen LogP contribution in [0.4, 0.5) is 0 Å². The van der Waals surface area contributed by atoms with E-state index in [0.717, 1.165) is 44.2 Å². The Morgan fingerprint density at radius 3 is 1.92 bits per heavy atom. The maximum atomic E-state index is 6.77. The van der Waals surface area contributed by atoms with E-state index in [1.807, 2.05) is 42.5 Å². The Balaban J connectivity index is 1.17. The number of hydrogen-bond acceptors (Lipinski definition) is 4. The van der Waals surface area contributed by atoms with Gasteiger partial charge in [-0.25, -0.2) is 15.0 Å². The molecule has 11 rings (SSSR count). The Bertz CT molecular complexity index is 2990. The van der Waals surface area contributed by atoms with Crippen LogP contribution < -0.4 is 0 Å². The monoisotopic (exact) mass is 623 g/mol. The van der Waals surface area contributed by atoms with Crippen molar-refractivity contribution >= 4 is 54.3 Å². The largest absolute Gasteiger partial charge is 0.455 e. The Morgan fingerprint density at radius 1 is 0.367 bits per heavy atom. The molecule has 4 heteroatoms. The van der Waals surface area contributed by atoms with Crippen molar-refractivity contribution in [2.75, 3.05) is 0 Å². The van der Waals surface area contributed by atoms with Crippen molar-refractivity contribution in [3.05, 3.63) is 152 Å². The van der Waals surface area contributed by atoms with Crippen LogP contribution in [0, 0.1) is 0 Å². The zero-order chi connectivity index (χ0) is 32.1. The van der Waals surface area contributed by atoms with Crippen LogP contribution in [0.15, 0.2) is 156 Å². The highest BCUT2D eigenvalue weighted by molar-refractivity contribution is 6.24. The molecule has 0 aliphatic heterocycles. The van der Waals surface area contributed by atoms with E-state index in [2.05, 4.69) is 109 Å². The molecule has 1 aliphatic rings. The lowest BCUT2D eigenvalue weighted by Crippen LogP contribution is -2.00. The third-order valence-electron chi connectivity index (χ3n) is 10.0. The lowest BCUT2D eigenvalue weighted by molar-refractivity contribution is 0.670. The van der Waals surface area contributed by atoms with Crippen molar-refractivity contribution in [1.29, 1.82) is 0 Å². The molecule has 0 unspecified atom stereocenters. The minimum absolute atomic E-state index is 0.612. The van der Waals surface area contributed by atoms with Gasteiger partial charge in [0, 0.05) is 33.0 Å². The molecular formula is C45H25N3O. The highest BCUT2D eigenvalue weighted by Gasteiger charge is 2.27. The average Bonchev–Trinajstić information content (AvgIpc) is 3.72. The normalized spacial score (nSPS) is 12.1. The zero-order valence-corrected chi connectivity index (χ0v) is 26.2. The summed E-state index contributed by atoms with van der Waals surface area (Å²) in [4.78, 5) is 15.4. The SMILES string of the molecule is c1ccc(-c2nc(-c3ccc4ccc5ccccc5c4c3)nc(-c3cccc4oc5c6c(ccc5c34)-c3cccc4cccc-6c34)n2)cc1.